The number of benzene rings is 2. The third-order valence-corrected chi connectivity index (χ3v) is 8.68. The number of hydrogen-bond acceptors (Lipinski definition) is 5. The van der Waals surface area contributed by atoms with Crippen molar-refractivity contribution in [1.82, 2.24) is 0 Å². The molecular weight excluding hydrogens is 517 g/mol. The van der Waals surface area contributed by atoms with E-state index in [-0.39, 0.29) is 60.2 Å². The minimum atomic E-state index is -3.30. The van der Waals surface area contributed by atoms with Crippen molar-refractivity contribution >= 4 is 44.5 Å². The van der Waals surface area contributed by atoms with E-state index in [1.54, 1.807) is 0 Å². The van der Waals surface area contributed by atoms with Gasteiger partial charge in [-0.1, -0.05) is 17.7 Å². The van der Waals surface area contributed by atoms with E-state index in [0.29, 0.717) is 19.3 Å². The molecule has 2 aromatic rings. The van der Waals surface area contributed by atoms with Gasteiger partial charge >= 0.3 is 0 Å². The predicted molar refractivity (Wildman–Crippen MR) is 132 cm³/mol. The van der Waals surface area contributed by atoms with Gasteiger partial charge in [0.25, 0.3) is 0 Å². The van der Waals surface area contributed by atoms with Gasteiger partial charge in [0.1, 0.15) is 11.6 Å². The summed E-state index contributed by atoms with van der Waals surface area (Å²) in [4.78, 5) is 28.3. The average molecular weight is 543 g/mol. The number of halogens is 4. The summed E-state index contributed by atoms with van der Waals surface area (Å²) in [6, 6.07) is 6.67. The maximum Gasteiger partial charge on any atom is 0.230 e. The number of carbonyl (C=O) groups is 2. The van der Waals surface area contributed by atoms with E-state index in [4.69, 9.17) is 11.6 Å². The molecule has 194 valence electrons. The van der Waals surface area contributed by atoms with Gasteiger partial charge in [0.2, 0.25) is 5.91 Å². The molecule has 11 heteroatoms. The predicted octanol–water partition coefficient (Wildman–Crippen LogP) is 4.33. The highest BCUT2D eigenvalue weighted by atomic mass is 35.5. The van der Waals surface area contributed by atoms with Gasteiger partial charge in [0, 0.05) is 49.7 Å². The van der Waals surface area contributed by atoms with E-state index in [1.165, 1.54) is 29.2 Å². The number of Topliss-reactive ketones (excluding diaryl/α,β-unsaturated/α-hetero) is 1. The Hall–Kier alpha value is -2.59. The van der Waals surface area contributed by atoms with Crippen LogP contribution in [0.5, 0.6) is 0 Å². The number of amides is 1. The first-order valence-electron chi connectivity index (χ1n) is 11.6. The summed E-state index contributed by atoms with van der Waals surface area (Å²) in [5.74, 6) is -4.50. The molecule has 2 aromatic carbocycles. The summed E-state index contributed by atoms with van der Waals surface area (Å²) in [7, 11) is -3.30. The second-order valence-corrected chi connectivity index (χ2v) is 12.2. The molecule has 0 radical (unpaired) electrons. The monoisotopic (exact) mass is 542 g/mol. The van der Waals surface area contributed by atoms with Gasteiger partial charge in [-0.05, 0) is 49.1 Å². The molecule has 0 aliphatic carbocycles. The van der Waals surface area contributed by atoms with Crippen molar-refractivity contribution in [1.29, 1.82) is 0 Å². The molecule has 0 bridgehead atoms. The molecule has 6 nitrogen and oxygen atoms in total. The lowest BCUT2D eigenvalue weighted by Crippen LogP contribution is -2.42. The van der Waals surface area contributed by atoms with Crippen LogP contribution in [0.4, 0.5) is 24.5 Å². The van der Waals surface area contributed by atoms with E-state index in [2.05, 4.69) is 0 Å². The number of ketones is 1. The molecule has 0 saturated carbocycles. The van der Waals surface area contributed by atoms with Crippen LogP contribution in [0, 0.1) is 23.4 Å². The van der Waals surface area contributed by atoms with Crippen molar-refractivity contribution in [3.63, 3.8) is 0 Å². The molecule has 36 heavy (non-hydrogen) atoms. The minimum Gasteiger partial charge on any atom is -0.368 e. The Labute approximate surface area is 212 Å². The van der Waals surface area contributed by atoms with Crippen LogP contribution in [0.15, 0.2) is 30.3 Å². The Morgan fingerprint density at radius 1 is 1.06 bits per heavy atom. The molecule has 2 aliphatic rings. The highest BCUT2D eigenvalue weighted by Crippen LogP contribution is 2.35. The van der Waals surface area contributed by atoms with Crippen molar-refractivity contribution < 1.29 is 31.2 Å². The number of sulfone groups is 1. The summed E-state index contributed by atoms with van der Waals surface area (Å²) in [5, 5.41) is -0.440. The smallest absolute Gasteiger partial charge is 0.230 e. The Kier molecular flexibility index (Phi) is 7.66. The fourth-order valence-electron chi connectivity index (χ4n) is 4.88. The molecule has 2 saturated heterocycles. The van der Waals surface area contributed by atoms with Crippen LogP contribution in [0.25, 0.3) is 0 Å². The number of anilines is 2. The van der Waals surface area contributed by atoms with Gasteiger partial charge in [-0.25, -0.2) is 21.6 Å². The molecule has 1 amide bonds. The van der Waals surface area contributed by atoms with E-state index in [0.717, 1.165) is 17.2 Å². The van der Waals surface area contributed by atoms with Crippen LogP contribution < -0.4 is 9.80 Å². The lowest BCUT2D eigenvalue weighted by Gasteiger charge is -2.33. The summed E-state index contributed by atoms with van der Waals surface area (Å²) >= 11 is 5.74. The average Bonchev–Trinajstić information content (AvgIpc) is 3.30. The second kappa shape index (κ2) is 10.4. The molecule has 2 fully saturated rings. The first-order valence-corrected chi connectivity index (χ1v) is 14.0. The maximum absolute atomic E-state index is 15.1. The van der Waals surface area contributed by atoms with Crippen molar-refractivity contribution in [2.24, 2.45) is 5.92 Å². The maximum atomic E-state index is 15.1. The zero-order chi connectivity index (χ0) is 26.2. The van der Waals surface area contributed by atoms with E-state index in [1.807, 2.05) is 0 Å². The van der Waals surface area contributed by atoms with Crippen LogP contribution in [-0.2, 0) is 25.8 Å². The Balaban J connectivity index is 1.47. The topological polar surface area (TPSA) is 74.8 Å². The molecule has 2 aliphatic heterocycles. The SMILES string of the molecule is CS(=O)(=O)C1CCN(c2ccc(N3CCC[C@@H](CC(=O)Cc4ccc(Cl)cc4F)C3=O)c(F)c2F)C1. The summed E-state index contributed by atoms with van der Waals surface area (Å²) < 4.78 is 67.8. The van der Waals surface area contributed by atoms with Gasteiger partial charge in [-0.15, -0.1) is 0 Å². The zero-order valence-corrected chi connectivity index (χ0v) is 21.2. The molecular formula is C25H26ClF3N2O4S. The van der Waals surface area contributed by atoms with Gasteiger partial charge in [-0.3, -0.25) is 9.59 Å². The highest BCUT2D eigenvalue weighted by molar-refractivity contribution is 7.91. The van der Waals surface area contributed by atoms with Crippen LogP contribution in [0.3, 0.4) is 0 Å². The number of nitrogens with zero attached hydrogens (tertiary/aromatic N) is 2. The number of piperidine rings is 1. The minimum absolute atomic E-state index is 0.0522. The number of hydrogen-bond donors (Lipinski definition) is 0. The van der Waals surface area contributed by atoms with Crippen molar-refractivity contribution in [2.75, 3.05) is 35.7 Å². The molecule has 2 heterocycles. The first kappa shape index (κ1) is 26.5. The zero-order valence-electron chi connectivity index (χ0n) is 19.6. The quantitative estimate of drug-likeness (QED) is 0.521. The number of carbonyl (C=O) groups excluding carboxylic acids is 2. The lowest BCUT2D eigenvalue weighted by atomic mass is 9.90. The van der Waals surface area contributed by atoms with Crippen LogP contribution in [0.1, 0.15) is 31.2 Å². The van der Waals surface area contributed by atoms with E-state index >= 15 is 8.78 Å². The second-order valence-electron chi connectivity index (χ2n) is 9.40. The molecule has 0 N–H and O–H groups in total. The fraction of sp³-hybridized carbons (Fsp3) is 0.440. The van der Waals surface area contributed by atoms with Gasteiger partial charge in [0.05, 0.1) is 16.6 Å². The van der Waals surface area contributed by atoms with Crippen LogP contribution in [0.2, 0.25) is 5.02 Å². The first-order chi connectivity index (χ1) is 17.0. The molecule has 0 aromatic heterocycles. The molecule has 4 rings (SSSR count). The summed E-state index contributed by atoms with van der Waals surface area (Å²) in [6.07, 6.45) is 2.00. The van der Waals surface area contributed by atoms with Gasteiger partial charge < -0.3 is 9.80 Å². The fourth-order valence-corrected chi connectivity index (χ4v) is 6.02. The normalized spacial score (nSPS) is 20.8. The van der Waals surface area contributed by atoms with Crippen molar-refractivity contribution in [3.8, 4) is 0 Å². The van der Waals surface area contributed by atoms with E-state index in [9.17, 15) is 22.4 Å². The van der Waals surface area contributed by atoms with Gasteiger partial charge in [0.15, 0.2) is 21.5 Å². The van der Waals surface area contributed by atoms with E-state index < -0.39 is 44.4 Å². The number of rotatable bonds is 7. The van der Waals surface area contributed by atoms with Crippen LogP contribution >= 0.6 is 11.6 Å². The van der Waals surface area contributed by atoms with Crippen molar-refractivity contribution in [3.05, 3.63) is 58.4 Å². The summed E-state index contributed by atoms with van der Waals surface area (Å²) in [6.45, 7) is 0.509. The van der Waals surface area contributed by atoms with Gasteiger partial charge in [-0.2, -0.15) is 0 Å². The Morgan fingerprint density at radius 3 is 2.42 bits per heavy atom. The van der Waals surface area contributed by atoms with Crippen molar-refractivity contribution in [2.45, 2.75) is 37.4 Å². The summed E-state index contributed by atoms with van der Waals surface area (Å²) in [5.41, 5.74) is -0.0992. The third-order valence-electron chi connectivity index (χ3n) is 6.85. The lowest BCUT2D eigenvalue weighted by molar-refractivity contribution is -0.128. The van der Waals surface area contributed by atoms with Crippen LogP contribution in [-0.4, -0.2) is 51.2 Å². The third kappa shape index (κ3) is 5.54. The Bertz CT molecular complexity index is 1300. The highest BCUT2D eigenvalue weighted by Gasteiger charge is 2.35. The molecule has 1 unspecified atom stereocenters. The standard InChI is InChI=1S/C25H26ClF3N2O4S/c1-36(34,35)19-8-10-30(14-19)21-6-7-22(24(29)23(21)28)31-9-2-3-16(25(31)33)12-18(32)11-15-4-5-17(26)13-20(15)27/h4-7,13,16,19H,2-3,8-12,14H2,1H3/t16-,19?/m0/s1. The molecule has 0 spiro atoms. The Morgan fingerprint density at radius 2 is 1.75 bits per heavy atom. The largest absolute Gasteiger partial charge is 0.368 e. The molecule has 2 atom stereocenters.